The molecule has 1 atom stereocenters. The summed E-state index contributed by atoms with van der Waals surface area (Å²) in [6, 6.07) is 0. The van der Waals surface area contributed by atoms with Gasteiger partial charge in [-0.25, -0.2) is 0 Å². The number of rotatable bonds is 49. The summed E-state index contributed by atoms with van der Waals surface area (Å²) in [7, 11) is 0. The Labute approximate surface area is 436 Å². The predicted octanol–water partition coefficient (Wildman–Crippen LogP) is 19.2. The zero-order valence-electron chi connectivity index (χ0n) is 45.4. The third-order valence-corrected chi connectivity index (χ3v) is 11.3. The zero-order valence-corrected chi connectivity index (χ0v) is 45.4. The molecule has 71 heavy (non-hydrogen) atoms. The molecule has 0 saturated heterocycles. The van der Waals surface area contributed by atoms with Crippen molar-refractivity contribution in [2.75, 3.05) is 13.2 Å². The second-order valence-electron chi connectivity index (χ2n) is 18.1. The first-order valence-corrected chi connectivity index (χ1v) is 28.3. The molecule has 0 aromatic carbocycles. The van der Waals surface area contributed by atoms with E-state index in [1.54, 1.807) is 0 Å². The van der Waals surface area contributed by atoms with E-state index in [2.05, 4.69) is 154 Å². The molecular weight excluding hydrogens is 877 g/mol. The van der Waals surface area contributed by atoms with Gasteiger partial charge in [0.15, 0.2) is 6.10 Å². The molecule has 398 valence electrons. The fourth-order valence-electron chi connectivity index (χ4n) is 7.13. The Morgan fingerprint density at radius 1 is 0.296 bits per heavy atom. The molecule has 0 bridgehead atoms. The molecule has 0 fully saturated rings. The Hall–Kier alpha value is -4.71. The lowest BCUT2D eigenvalue weighted by Crippen LogP contribution is -2.30. The molecule has 0 aliphatic heterocycles. The highest BCUT2D eigenvalue weighted by Crippen LogP contribution is 2.12. The standard InChI is InChI=1S/C65H102O6/c1-4-7-10-13-16-19-22-25-28-30-32-34-37-40-43-46-49-52-55-58-64(67)70-61-62(60-69-63(66)57-54-51-48-45-42-39-36-27-24-21-18-15-12-9-6-3)71-65(68)59-56-53-50-47-44-41-38-35-33-31-29-26-23-20-17-14-11-8-5-2/h7-8,10-11,16-17,19-20,25-29,32-36,40-41,43-44,49,52,62H,4-6,9,12-15,18,21-24,30-31,37-39,42,45-48,50-51,53-61H2,1-3H3/b10-7-,11-8-,19-16-,20-17-,28-25-,29-26-,34-32-,35-33-,36-27-,43-40-,44-41-,52-49-/t62-/m0/s1. The van der Waals surface area contributed by atoms with Crippen molar-refractivity contribution in [2.45, 2.75) is 232 Å². The lowest BCUT2D eigenvalue weighted by atomic mass is 10.1. The van der Waals surface area contributed by atoms with Gasteiger partial charge in [-0.3, -0.25) is 14.4 Å². The summed E-state index contributed by atoms with van der Waals surface area (Å²) in [6.07, 6.45) is 82.7. The van der Waals surface area contributed by atoms with Gasteiger partial charge in [-0.15, -0.1) is 0 Å². The van der Waals surface area contributed by atoms with Crippen LogP contribution in [0.15, 0.2) is 146 Å². The number of unbranched alkanes of at least 4 members (excludes halogenated alkanes) is 14. The monoisotopic (exact) mass is 979 g/mol. The first-order chi connectivity index (χ1) is 35.0. The summed E-state index contributed by atoms with van der Waals surface area (Å²) in [4.78, 5) is 38.1. The molecule has 0 aliphatic carbocycles. The van der Waals surface area contributed by atoms with Crippen molar-refractivity contribution < 1.29 is 28.6 Å². The van der Waals surface area contributed by atoms with Gasteiger partial charge in [0.25, 0.3) is 0 Å². The third-order valence-electron chi connectivity index (χ3n) is 11.3. The van der Waals surface area contributed by atoms with Gasteiger partial charge < -0.3 is 14.2 Å². The second-order valence-corrected chi connectivity index (χ2v) is 18.1. The minimum atomic E-state index is -0.836. The fourth-order valence-corrected chi connectivity index (χ4v) is 7.13. The average Bonchev–Trinajstić information content (AvgIpc) is 3.37. The van der Waals surface area contributed by atoms with Gasteiger partial charge in [-0.2, -0.15) is 0 Å². The smallest absolute Gasteiger partial charge is 0.306 e. The molecule has 0 spiro atoms. The van der Waals surface area contributed by atoms with Crippen LogP contribution in [-0.2, 0) is 28.6 Å². The van der Waals surface area contributed by atoms with Crippen molar-refractivity contribution >= 4 is 17.9 Å². The van der Waals surface area contributed by atoms with E-state index in [9.17, 15) is 14.4 Å². The van der Waals surface area contributed by atoms with Crippen LogP contribution in [0.3, 0.4) is 0 Å². The molecule has 0 N–H and O–H groups in total. The summed E-state index contributed by atoms with van der Waals surface area (Å²) in [5.74, 6) is -1.06. The molecular formula is C65H102O6. The van der Waals surface area contributed by atoms with Crippen LogP contribution in [0.1, 0.15) is 226 Å². The van der Waals surface area contributed by atoms with Crippen molar-refractivity contribution in [2.24, 2.45) is 0 Å². The largest absolute Gasteiger partial charge is 0.462 e. The summed E-state index contributed by atoms with van der Waals surface area (Å²) in [6.45, 7) is 6.29. The zero-order chi connectivity index (χ0) is 51.4. The maximum absolute atomic E-state index is 12.9. The van der Waals surface area contributed by atoms with E-state index < -0.39 is 6.10 Å². The first kappa shape index (κ1) is 66.3. The molecule has 0 radical (unpaired) electrons. The lowest BCUT2D eigenvalue weighted by Gasteiger charge is -2.18. The number of hydrogen-bond acceptors (Lipinski definition) is 6. The van der Waals surface area contributed by atoms with Crippen LogP contribution in [0.5, 0.6) is 0 Å². The number of hydrogen-bond donors (Lipinski definition) is 0. The molecule has 0 saturated carbocycles. The van der Waals surface area contributed by atoms with Crippen LogP contribution in [-0.4, -0.2) is 37.2 Å². The molecule has 0 heterocycles. The number of carbonyl (C=O) groups excluding carboxylic acids is 3. The van der Waals surface area contributed by atoms with Gasteiger partial charge in [0, 0.05) is 19.3 Å². The minimum absolute atomic E-state index is 0.125. The Morgan fingerprint density at radius 2 is 0.577 bits per heavy atom. The normalized spacial score (nSPS) is 13.2. The van der Waals surface area contributed by atoms with Crippen LogP contribution in [0.4, 0.5) is 0 Å². The number of ether oxygens (including phenoxy) is 3. The third kappa shape index (κ3) is 56.1. The van der Waals surface area contributed by atoms with E-state index in [1.165, 1.54) is 51.4 Å². The van der Waals surface area contributed by atoms with Gasteiger partial charge in [0.05, 0.1) is 0 Å². The molecule has 0 rings (SSSR count). The predicted molar refractivity (Wildman–Crippen MR) is 306 cm³/mol. The maximum atomic E-state index is 12.9. The van der Waals surface area contributed by atoms with Gasteiger partial charge in [-0.1, -0.05) is 224 Å². The Morgan fingerprint density at radius 3 is 0.972 bits per heavy atom. The maximum Gasteiger partial charge on any atom is 0.306 e. The van der Waals surface area contributed by atoms with E-state index in [4.69, 9.17) is 14.2 Å². The second kappa shape index (κ2) is 57.9. The molecule has 0 aliphatic rings. The lowest BCUT2D eigenvalue weighted by molar-refractivity contribution is -0.166. The average molecular weight is 980 g/mol. The Bertz CT molecular complexity index is 1590. The van der Waals surface area contributed by atoms with Crippen molar-refractivity contribution in [1.82, 2.24) is 0 Å². The number of esters is 3. The highest BCUT2D eigenvalue weighted by molar-refractivity contribution is 5.71. The van der Waals surface area contributed by atoms with Crippen molar-refractivity contribution in [3.63, 3.8) is 0 Å². The quantitative estimate of drug-likeness (QED) is 0.0262. The SMILES string of the molecule is CC/C=C\C/C=C\C/C=C\C/C=C\C/C=C\C/C=C\CCC(=O)OC[C@H](COC(=O)CCCCCCC/C=C\CCCCCCCC)OC(=O)CCCCC/C=C\C/C=C\C/C=C\C/C=C\C/C=C\CC. The molecule has 0 aromatic heterocycles. The molecule has 6 nitrogen and oxygen atoms in total. The van der Waals surface area contributed by atoms with E-state index in [0.717, 1.165) is 122 Å². The van der Waals surface area contributed by atoms with Gasteiger partial charge >= 0.3 is 17.9 Å². The van der Waals surface area contributed by atoms with Crippen LogP contribution in [0.2, 0.25) is 0 Å². The highest BCUT2D eigenvalue weighted by Gasteiger charge is 2.19. The van der Waals surface area contributed by atoms with Gasteiger partial charge in [-0.05, 0) is 128 Å². The Balaban J connectivity index is 4.61. The highest BCUT2D eigenvalue weighted by atomic mass is 16.6. The van der Waals surface area contributed by atoms with Crippen molar-refractivity contribution in [3.05, 3.63) is 146 Å². The van der Waals surface area contributed by atoms with E-state index >= 15 is 0 Å². The summed E-state index contributed by atoms with van der Waals surface area (Å²) < 4.78 is 16.8. The summed E-state index contributed by atoms with van der Waals surface area (Å²) in [5.41, 5.74) is 0. The molecule has 0 amide bonds. The van der Waals surface area contributed by atoms with Gasteiger partial charge in [0.1, 0.15) is 13.2 Å². The van der Waals surface area contributed by atoms with Crippen LogP contribution in [0, 0.1) is 0 Å². The minimum Gasteiger partial charge on any atom is -0.462 e. The van der Waals surface area contributed by atoms with Crippen LogP contribution in [0.25, 0.3) is 0 Å². The van der Waals surface area contributed by atoms with E-state index in [-0.39, 0.29) is 44.0 Å². The molecule has 6 heteroatoms. The number of carbonyl (C=O) groups is 3. The Kier molecular flexibility index (Phi) is 54.0. The van der Waals surface area contributed by atoms with Crippen molar-refractivity contribution in [1.29, 1.82) is 0 Å². The van der Waals surface area contributed by atoms with E-state index in [1.807, 2.05) is 12.2 Å². The first-order valence-electron chi connectivity index (χ1n) is 28.3. The summed E-state index contributed by atoms with van der Waals surface area (Å²) in [5, 5.41) is 0. The molecule has 0 unspecified atom stereocenters. The van der Waals surface area contributed by atoms with Crippen molar-refractivity contribution in [3.8, 4) is 0 Å². The van der Waals surface area contributed by atoms with Crippen LogP contribution >= 0.6 is 0 Å². The summed E-state index contributed by atoms with van der Waals surface area (Å²) >= 11 is 0. The fraction of sp³-hybridized carbons (Fsp3) is 0.585. The topological polar surface area (TPSA) is 78.9 Å². The number of allylic oxidation sites excluding steroid dienone is 24. The van der Waals surface area contributed by atoms with Gasteiger partial charge in [0.2, 0.25) is 0 Å². The van der Waals surface area contributed by atoms with Crippen LogP contribution < -0.4 is 0 Å². The van der Waals surface area contributed by atoms with E-state index in [0.29, 0.717) is 19.3 Å². The molecule has 0 aromatic rings.